The summed E-state index contributed by atoms with van der Waals surface area (Å²) in [6, 6.07) is 7.77. The highest BCUT2D eigenvalue weighted by Gasteiger charge is 2.52. The van der Waals surface area contributed by atoms with Gasteiger partial charge < -0.3 is 19.3 Å². The third kappa shape index (κ3) is 2.90. The lowest BCUT2D eigenvalue weighted by Crippen LogP contribution is -2.28. The molecule has 2 aliphatic rings. The Morgan fingerprint density at radius 3 is 2.67 bits per heavy atom. The molecule has 0 spiro atoms. The van der Waals surface area contributed by atoms with Crippen molar-refractivity contribution in [1.29, 1.82) is 0 Å². The van der Waals surface area contributed by atoms with Gasteiger partial charge >= 0.3 is 0 Å². The molecule has 0 aromatic heterocycles. The van der Waals surface area contributed by atoms with Gasteiger partial charge in [-0.2, -0.15) is 0 Å². The molecule has 114 valence electrons. The van der Waals surface area contributed by atoms with Gasteiger partial charge in [0, 0.05) is 0 Å². The molecule has 0 saturated carbocycles. The van der Waals surface area contributed by atoms with E-state index in [1.165, 1.54) is 0 Å². The van der Waals surface area contributed by atoms with Crippen molar-refractivity contribution >= 4 is 6.08 Å². The van der Waals surface area contributed by atoms with Crippen LogP contribution in [-0.4, -0.2) is 35.3 Å². The Kier molecular flexibility index (Phi) is 3.88. The predicted molar refractivity (Wildman–Crippen MR) is 79.6 cm³/mol. The Balaban J connectivity index is 1.77. The van der Waals surface area contributed by atoms with E-state index in [1.54, 1.807) is 0 Å². The first-order valence-electron chi connectivity index (χ1n) is 7.38. The fourth-order valence-electron chi connectivity index (χ4n) is 3.03. The van der Waals surface area contributed by atoms with Crippen LogP contribution in [0.4, 0.5) is 0 Å². The summed E-state index contributed by atoms with van der Waals surface area (Å²) in [6.07, 6.45) is 3.77. The summed E-state index contributed by atoms with van der Waals surface area (Å²) < 4.78 is 17.8. The van der Waals surface area contributed by atoms with E-state index in [1.807, 2.05) is 57.2 Å². The summed E-state index contributed by atoms with van der Waals surface area (Å²) in [4.78, 5) is 0. The van der Waals surface area contributed by atoms with Crippen molar-refractivity contribution in [2.24, 2.45) is 0 Å². The Morgan fingerprint density at radius 2 is 1.90 bits per heavy atom. The number of benzene rings is 1. The van der Waals surface area contributed by atoms with E-state index in [4.69, 9.17) is 14.2 Å². The highest BCUT2D eigenvalue weighted by atomic mass is 16.8. The van der Waals surface area contributed by atoms with E-state index in [9.17, 15) is 5.11 Å². The van der Waals surface area contributed by atoms with Crippen molar-refractivity contribution in [2.45, 2.75) is 57.6 Å². The van der Waals surface area contributed by atoms with Gasteiger partial charge in [-0.05, 0) is 31.9 Å². The van der Waals surface area contributed by atoms with Crippen LogP contribution in [0.1, 0.15) is 31.9 Å². The lowest BCUT2D eigenvalue weighted by molar-refractivity contribution is -0.180. The summed E-state index contributed by atoms with van der Waals surface area (Å²) in [5.74, 6) is -0.553. The van der Waals surface area contributed by atoms with Gasteiger partial charge in [-0.15, -0.1) is 0 Å². The van der Waals surface area contributed by atoms with Gasteiger partial charge in [-0.3, -0.25) is 0 Å². The minimum atomic E-state index is -0.553. The normalized spacial score (nSPS) is 34.5. The molecule has 2 heterocycles. The van der Waals surface area contributed by atoms with Crippen LogP contribution in [-0.2, 0) is 20.8 Å². The van der Waals surface area contributed by atoms with Crippen LogP contribution < -0.4 is 0 Å². The second-order valence-electron chi connectivity index (χ2n) is 6.09. The van der Waals surface area contributed by atoms with Gasteiger partial charge in [0.15, 0.2) is 5.79 Å². The molecule has 1 aromatic carbocycles. The van der Waals surface area contributed by atoms with E-state index < -0.39 is 5.79 Å². The maximum absolute atomic E-state index is 9.36. The zero-order valence-corrected chi connectivity index (χ0v) is 12.7. The van der Waals surface area contributed by atoms with Crippen molar-refractivity contribution in [3.05, 3.63) is 41.5 Å². The van der Waals surface area contributed by atoms with Crippen molar-refractivity contribution in [1.82, 2.24) is 0 Å². The number of aliphatic hydroxyl groups is 1. The molecule has 0 unspecified atom stereocenters. The lowest BCUT2D eigenvalue weighted by Gasteiger charge is -2.21. The van der Waals surface area contributed by atoms with Crippen LogP contribution in [0.25, 0.3) is 6.08 Å². The number of ether oxygens (including phenoxy) is 3. The molecule has 4 nitrogen and oxygen atoms in total. The zero-order valence-electron chi connectivity index (χ0n) is 12.7. The van der Waals surface area contributed by atoms with Gasteiger partial charge in [0.2, 0.25) is 0 Å². The number of hydrogen-bond acceptors (Lipinski definition) is 4. The van der Waals surface area contributed by atoms with Crippen LogP contribution in [0.2, 0.25) is 0 Å². The molecular weight excluding hydrogens is 268 g/mol. The summed E-state index contributed by atoms with van der Waals surface area (Å²) in [7, 11) is 0. The topological polar surface area (TPSA) is 47.9 Å². The number of fused-ring (bicyclic) bond motifs is 1. The van der Waals surface area contributed by atoms with E-state index in [0.29, 0.717) is 0 Å². The maximum Gasteiger partial charge on any atom is 0.164 e. The molecule has 4 heteroatoms. The van der Waals surface area contributed by atoms with Gasteiger partial charge in [-0.1, -0.05) is 36.4 Å². The van der Waals surface area contributed by atoms with Crippen LogP contribution >= 0.6 is 0 Å². The fraction of sp³-hybridized carbons (Fsp3) is 0.529. The van der Waals surface area contributed by atoms with Crippen LogP contribution in [0.3, 0.4) is 0 Å². The molecule has 2 aliphatic heterocycles. The summed E-state index contributed by atoms with van der Waals surface area (Å²) in [5.41, 5.74) is 1.90. The zero-order chi connectivity index (χ0) is 15.0. The second-order valence-corrected chi connectivity index (χ2v) is 6.09. The maximum atomic E-state index is 9.36. The van der Waals surface area contributed by atoms with Gasteiger partial charge in [-0.25, -0.2) is 0 Å². The number of hydrogen-bond donors (Lipinski definition) is 1. The standard InChI is InChI=1S/C17H22O4/c1-11-15-16(21-17(2,3)20-15)14(19-11)9-8-12-6-4-5-7-13(12)10-18/h4-9,11,14-16,18H,10H2,1-3H3/b9-8+/t11-,14+,15+,16-/m0/s1. The highest BCUT2D eigenvalue weighted by molar-refractivity contribution is 5.54. The Bertz CT molecular complexity index is 537. The van der Waals surface area contributed by atoms with E-state index >= 15 is 0 Å². The number of aliphatic hydroxyl groups excluding tert-OH is 1. The second kappa shape index (κ2) is 5.54. The molecule has 0 radical (unpaired) electrons. The quantitative estimate of drug-likeness (QED) is 0.929. The average molecular weight is 290 g/mol. The van der Waals surface area contributed by atoms with Crippen LogP contribution in [0, 0.1) is 0 Å². The van der Waals surface area contributed by atoms with Crippen molar-refractivity contribution in [3.8, 4) is 0 Å². The summed E-state index contributed by atoms with van der Waals surface area (Å²) >= 11 is 0. The van der Waals surface area contributed by atoms with Gasteiger partial charge in [0.25, 0.3) is 0 Å². The van der Waals surface area contributed by atoms with E-state index in [0.717, 1.165) is 11.1 Å². The first-order chi connectivity index (χ1) is 10.00. The first kappa shape index (κ1) is 14.7. The molecule has 3 rings (SSSR count). The third-order valence-corrected chi connectivity index (χ3v) is 4.01. The Hall–Kier alpha value is -1.20. The number of rotatable bonds is 3. The Labute approximate surface area is 125 Å². The van der Waals surface area contributed by atoms with Crippen molar-refractivity contribution in [2.75, 3.05) is 0 Å². The van der Waals surface area contributed by atoms with Crippen molar-refractivity contribution in [3.63, 3.8) is 0 Å². The largest absolute Gasteiger partial charge is 0.392 e. The highest BCUT2D eigenvalue weighted by Crippen LogP contribution is 2.39. The minimum Gasteiger partial charge on any atom is -0.392 e. The predicted octanol–water partition coefficient (Wildman–Crippen LogP) is 2.50. The van der Waals surface area contributed by atoms with E-state index in [2.05, 4.69) is 0 Å². The first-order valence-corrected chi connectivity index (χ1v) is 7.38. The molecule has 0 amide bonds. The molecule has 0 aliphatic carbocycles. The molecule has 2 saturated heterocycles. The summed E-state index contributed by atoms with van der Waals surface area (Å²) in [5, 5.41) is 9.36. The molecule has 21 heavy (non-hydrogen) atoms. The molecule has 4 atom stereocenters. The molecule has 1 N–H and O–H groups in total. The molecular formula is C17H22O4. The smallest absolute Gasteiger partial charge is 0.164 e. The monoisotopic (exact) mass is 290 g/mol. The summed E-state index contributed by atoms with van der Waals surface area (Å²) in [6.45, 7) is 5.90. The average Bonchev–Trinajstić information content (AvgIpc) is 2.92. The van der Waals surface area contributed by atoms with Crippen LogP contribution in [0.5, 0.6) is 0 Å². The lowest BCUT2D eigenvalue weighted by atomic mass is 10.0. The fourth-order valence-corrected chi connectivity index (χ4v) is 3.03. The minimum absolute atomic E-state index is 0.0134. The van der Waals surface area contributed by atoms with E-state index in [-0.39, 0.29) is 31.0 Å². The van der Waals surface area contributed by atoms with Gasteiger partial charge in [0.05, 0.1) is 12.7 Å². The molecule has 0 bridgehead atoms. The van der Waals surface area contributed by atoms with Gasteiger partial charge in [0.1, 0.15) is 18.3 Å². The molecule has 1 aromatic rings. The Morgan fingerprint density at radius 1 is 1.19 bits per heavy atom. The molecule has 2 fully saturated rings. The SMILES string of the molecule is C[C@@H]1O[C@H](/C=C/c2ccccc2CO)[C@@H]2OC(C)(C)O[C@@H]21. The van der Waals surface area contributed by atoms with Crippen molar-refractivity contribution < 1.29 is 19.3 Å². The third-order valence-electron chi connectivity index (χ3n) is 4.01. The van der Waals surface area contributed by atoms with Crippen LogP contribution in [0.15, 0.2) is 30.3 Å².